The molecule has 9 nitrogen and oxygen atoms in total. The summed E-state index contributed by atoms with van der Waals surface area (Å²) < 4.78 is 40.7. The van der Waals surface area contributed by atoms with Crippen LogP contribution < -0.4 is 26.0 Å². The second-order valence-corrected chi connectivity index (χ2v) is 7.59. The monoisotopic (exact) mass is 450 g/mol. The van der Waals surface area contributed by atoms with Crippen LogP contribution in [0.3, 0.4) is 0 Å². The van der Waals surface area contributed by atoms with Crippen LogP contribution in [0.2, 0.25) is 0 Å². The normalized spacial score (nSPS) is 18.5. The van der Waals surface area contributed by atoms with Crippen molar-refractivity contribution in [1.29, 1.82) is 0 Å². The number of nitrogens with one attached hydrogen (secondary N) is 2. The topological polar surface area (TPSA) is 122 Å². The van der Waals surface area contributed by atoms with E-state index in [1.54, 1.807) is 0 Å². The van der Waals surface area contributed by atoms with Gasteiger partial charge in [-0.1, -0.05) is 0 Å². The summed E-state index contributed by atoms with van der Waals surface area (Å²) in [6.45, 7) is 1.56. The van der Waals surface area contributed by atoms with Crippen LogP contribution in [0.15, 0.2) is 24.3 Å². The van der Waals surface area contributed by atoms with E-state index in [1.165, 1.54) is 12.1 Å². The molecule has 0 spiro atoms. The van der Waals surface area contributed by atoms with Crippen molar-refractivity contribution in [3.63, 3.8) is 0 Å². The van der Waals surface area contributed by atoms with Crippen LogP contribution in [0.1, 0.15) is 37.2 Å². The molecule has 0 aliphatic carbocycles. The van der Waals surface area contributed by atoms with Crippen LogP contribution >= 0.6 is 0 Å². The highest BCUT2D eigenvalue weighted by molar-refractivity contribution is 6.05. The van der Waals surface area contributed by atoms with E-state index < -0.39 is 29.8 Å². The van der Waals surface area contributed by atoms with Gasteiger partial charge in [0.15, 0.2) is 0 Å². The van der Waals surface area contributed by atoms with E-state index in [0.717, 1.165) is 44.5 Å². The van der Waals surface area contributed by atoms with Crippen molar-refractivity contribution in [2.24, 2.45) is 0 Å². The summed E-state index contributed by atoms with van der Waals surface area (Å²) in [6, 6.07) is 4.68. The fraction of sp³-hybridized carbons (Fsp3) is 0.400. The van der Waals surface area contributed by atoms with E-state index in [4.69, 9.17) is 5.73 Å². The molecular weight excluding hydrogens is 429 g/mol. The molecule has 4 N–H and O–H groups in total. The third-order valence-electron chi connectivity index (χ3n) is 5.27. The summed E-state index contributed by atoms with van der Waals surface area (Å²) in [5.74, 6) is -1.60. The molecule has 1 aromatic carbocycles. The standard InChI is InChI=1S/C20H21F3N6O3/c21-20(22,23)32-12-6-4-11(5-7-12)25-18(31)13-10-14(30)26-17-15(13)16(24)27-19(28-17)29-8-2-1-3-9-29/h4-7,13H,1-3,8-10H2,(H,25,31)(H3,24,26,27,28,30)/t13-/m0/s1. The van der Waals surface area contributed by atoms with Gasteiger partial charge in [-0.2, -0.15) is 9.97 Å². The number of nitrogen functional groups attached to an aromatic ring is 1. The van der Waals surface area contributed by atoms with Crippen molar-refractivity contribution in [2.45, 2.75) is 38.0 Å². The minimum absolute atomic E-state index is 0.102. The number of hydrogen-bond donors (Lipinski definition) is 3. The predicted octanol–water partition coefficient (Wildman–Crippen LogP) is 3.01. The minimum atomic E-state index is -4.81. The van der Waals surface area contributed by atoms with Crippen molar-refractivity contribution >= 4 is 35.1 Å². The SMILES string of the molecule is Nc1nc(N2CCCCC2)nc2c1[C@@H](C(=O)Nc1ccc(OC(F)(F)F)cc1)CC(=O)N2. The number of rotatable bonds is 4. The summed E-state index contributed by atoms with van der Waals surface area (Å²) in [5.41, 5.74) is 6.72. The van der Waals surface area contributed by atoms with Crippen LogP contribution in [0.4, 0.5) is 36.4 Å². The number of halogens is 3. The average molecular weight is 450 g/mol. The van der Waals surface area contributed by atoms with Crippen LogP contribution in [-0.2, 0) is 9.59 Å². The summed E-state index contributed by atoms with van der Waals surface area (Å²) in [5, 5.41) is 5.25. The molecule has 1 aromatic heterocycles. The summed E-state index contributed by atoms with van der Waals surface area (Å²) in [4.78, 5) is 35.9. The molecule has 170 valence electrons. The lowest BCUT2D eigenvalue weighted by atomic mass is 9.92. The van der Waals surface area contributed by atoms with Crippen molar-refractivity contribution in [2.75, 3.05) is 34.4 Å². The number of anilines is 4. The number of amides is 2. The highest BCUT2D eigenvalue weighted by Gasteiger charge is 2.35. The Bertz CT molecular complexity index is 1020. The molecule has 0 saturated carbocycles. The highest BCUT2D eigenvalue weighted by Crippen LogP contribution is 2.37. The number of ether oxygens (including phenoxy) is 1. The van der Waals surface area contributed by atoms with Gasteiger partial charge in [-0.05, 0) is 43.5 Å². The van der Waals surface area contributed by atoms with Gasteiger partial charge in [0.05, 0.1) is 11.5 Å². The van der Waals surface area contributed by atoms with Gasteiger partial charge >= 0.3 is 6.36 Å². The smallest absolute Gasteiger partial charge is 0.406 e. The van der Waals surface area contributed by atoms with Gasteiger partial charge in [0.1, 0.15) is 17.4 Å². The van der Waals surface area contributed by atoms with Crippen molar-refractivity contribution < 1.29 is 27.5 Å². The highest BCUT2D eigenvalue weighted by atomic mass is 19.4. The Labute approximate surface area is 181 Å². The largest absolute Gasteiger partial charge is 0.573 e. The predicted molar refractivity (Wildman–Crippen MR) is 110 cm³/mol. The van der Waals surface area contributed by atoms with Crippen LogP contribution in [0.25, 0.3) is 0 Å². The number of nitrogens with two attached hydrogens (primary N) is 1. The van der Waals surface area contributed by atoms with Crippen molar-refractivity contribution in [3.05, 3.63) is 29.8 Å². The third kappa shape index (κ3) is 4.84. The van der Waals surface area contributed by atoms with E-state index in [1.807, 2.05) is 4.90 Å². The number of carbonyl (C=O) groups excluding carboxylic acids is 2. The van der Waals surface area contributed by atoms with Crippen molar-refractivity contribution in [1.82, 2.24) is 9.97 Å². The van der Waals surface area contributed by atoms with Gasteiger partial charge in [0.2, 0.25) is 17.8 Å². The van der Waals surface area contributed by atoms with Crippen LogP contribution in [-0.4, -0.2) is 41.2 Å². The average Bonchev–Trinajstić information content (AvgIpc) is 2.73. The minimum Gasteiger partial charge on any atom is -0.406 e. The molecule has 0 unspecified atom stereocenters. The number of fused-ring (bicyclic) bond motifs is 1. The zero-order valence-corrected chi connectivity index (χ0v) is 16.9. The van der Waals surface area contributed by atoms with E-state index in [9.17, 15) is 22.8 Å². The van der Waals surface area contributed by atoms with Crippen molar-refractivity contribution in [3.8, 4) is 5.75 Å². The second kappa shape index (κ2) is 8.52. The maximum atomic E-state index is 12.9. The van der Waals surface area contributed by atoms with Crippen LogP contribution in [0, 0.1) is 0 Å². The first kappa shape index (κ1) is 21.7. The lowest BCUT2D eigenvalue weighted by Crippen LogP contribution is -2.35. The Kier molecular flexibility index (Phi) is 5.76. The second-order valence-electron chi connectivity index (χ2n) is 7.59. The summed E-state index contributed by atoms with van der Waals surface area (Å²) >= 11 is 0. The Hall–Kier alpha value is -3.57. The molecule has 3 heterocycles. The molecule has 2 amide bonds. The lowest BCUT2D eigenvalue weighted by molar-refractivity contribution is -0.274. The van der Waals surface area contributed by atoms with Gasteiger partial charge in [-0.15, -0.1) is 13.2 Å². The molecule has 2 aliphatic heterocycles. The number of hydrogen-bond acceptors (Lipinski definition) is 7. The Balaban J connectivity index is 1.54. The molecule has 2 aromatic rings. The zero-order chi connectivity index (χ0) is 22.9. The molecule has 4 rings (SSSR count). The molecule has 0 radical (unpaired) electrons. The summed E-state index contributed by atoms with van der Waals surface area (Å²) in [6.07, 6.45) is -1.84. The first-order chi connectivity index (χ1) is 15.2. The fourth-order valence-corrected chi connectivity index (χ4v) is 3.81. The van der Waals surface area contributed by atoms with E-state index >= 15 is 0 Å². The molecule has 1 fully saturated rings. The first-order valence-electron chi connectivity index (χ1n) is 10.1. The zero-order valence-electron chi connectivity index (χ0n) is 16.9. The third-order valence-corrected chi connectivity index (χ3v) is 5.27. The number of benzene rings is 1. The van der Waals surface area contributed by atoms with Gasteiger partial charge in [-0.25, -0.2) is 0 Å². The summed E-state index contributed by atoms with van der Waals surface area (Å²) in [7, 11) is 0. The maximum Gasteiger partial charge on any atom is 0.573 e. The molecule has 12 heteroatoms. The van der Waals surface area contributed by atoms with Gasteiger partial charge in [0, 0.05) is 25.2 Å². The number of alkyl halides is 3. The number of nitrogens with zero attached hydrogens (tertiary/aromatic N) is 3. The molecule has 1 atom stereocenters. The van der Waals surface area contributed by atoms with E-state index in [2.05, 4.69) is 25.3 Å². The van der Waals surface area contributed by atoms with E-state index in [-0.39, 0.29) is 23.7 Å². The molecular formula is C20H21F3N6O3. The quantitative estimate of drug-likeness (QED) is 0.654. The van der Waals surface area contributed by atoms with E-state index in [0.29, 0.717) is 11.5 Å². The lowest BCUT2D eigenvalue weighted by Gasteiger charge is -2.30. The fourth-order valence-electron chi connectivity index (χ4n) is 3.81. The number of piperidine rings is 1. The number of aromatic nitrogens is 2. The Morgan fingerprint density at radius 2 is 1.84 bits per heavy atom. The van der Waals surface area contributed by atoms with Gasteiger partial charge < -0.3 is 26.0 Å². The molecule has 32 heavy (non-hydrogen) atoms. The van der Waals surface area contributed by atoms with Gasteiger partial charge in [-0.3, -0.25) is 9.59 Å². The molecule has 0 bridgehead atoms. The molecule has 2 aliphatic rings. The Morgan fingerprint density at radius 3 is 2.50 bits per heavy atom. The van der Waals surface area contributed by atoms with Gasteiger partial charge in [0.25, 0.3) is 0 Å². The first-order valence-corrected chi connectivity index (χ1v) is 10.1. The van der Waals surface area contributed by atoms with Crippen LogP contribution in [0.5, 0.6) is 5.75 Å². The number of carbonyl (C=O) groups is 2. The maximum absolute atomic E-state index is 12.9. The Morgan fingerprint density at radius 1 is 1.16 bits per heavy atom. The molecule has 1 saturated heterocycles.